The molecule has 2 fully saturated rings. The van der Waals surface area contributed by atoms with E-state index in [0.717, 1.165) is 25.7 Å². The van der Waals surface area contributed by atoms with E-state index in [1.807, 2.05) is 0 Å². The molecular weight excluding hydrogens is 311 g/mol. The number of nitrogens with one attached hydrogen (secondary N) is 1. The number of carbonyl (C=O) groups is 3. The molecule has 0 aromatic heterocycles. The Hall–Kier alpha value is -2.24. The lowest BCUT2D eigenvalue weighted by Crippen LogP contribution is -2.35. The van der Waals surface area contributed by atoms with Crippen LogP contribution in [0.3, 0.4) is 0 Å². The second-order valence-electron chi connectivity index (χ2n) is 6.44. The zero-order valence-corrected chi connectivity index (χ0v) is 13.5. The molecule has 0 spiro atoms. The molecule has 2 atom stereocenters. The van der Waals surface area contributed by atoms with Gasteiger partial charge in [0.15, 0.2) is 0 Å². The lowest BCUT2D eigenvalue weighted by molar-refractivity contribution is -0.140. The Labute approximate surface area is 140 Å². The standard InChI is InChI=1S/C18H21FN2O3/c19-15-8-4-1-5-12(15)11-20-16(22)9-10-21-17(23)13-6-2-3-7-14(13)18(21)24/h1,4-5,8,13-14H,2-3,6-7,9-11H2,(H,20,22)/t13-,14-/m1/s1. The van der Waals surface area contributed by atoms with E-state index in [0.29, 0.717) is 5.56 Å². The summed E-state index contributed by atoms with van der Waals surface area (Å²) >= 11 is 0. The van der Waals surface area contributed by atoms with Gasteiger partial charge in [-0.2, -0.15) is 0 Å². The molecule has 3 rings (SSSR count). The van der Waals surface area contributed by atoms with E-state index >= 15 is 0 Å². The Bertz CT molecular complexity index is 637. The number of imide groups is 1. The van der Waals surface area contributed by atoms with Gasteiger partial charge in [0.25, 0.3) is 0 Å². The van der Waals surface area contributed by atoms with Gasteiger partial charge >= 0.3 is 0 Å². The van der Waals surface area contributed by atoms with Crippen LogP contribution in [0.4, 0.5) is 4.39 Å². The van der Waals surface area contributed by atoms with Gasteiger partial charge in [-0.05, 0) is 18.9 Å². The van der Waals surface area contributed by atoms with Crippen LogP contribution in [0, 0.1) is 17.7 Å². The molecule has 3 amide bonds. The maximum absolute atomic E-state index is 13.5. The van der Waals surface area contributed by atoms with Crippen LogP contribution < -0.4 is 5.32 Å². The smallest absolute Gasteiger partial charge is 0.233 e. The third-order valence-corrected chi connectivity index (χ3v) is 4.93. The second kappa shape index (κ2) is 7.11. The Morgan fingerprint density at radius 2 is 1.75 bits per heavy atom. The van der Waals surface area contributed by atoms with Gasteiger partial charge in [0, 0.05) is 25.1 Å². The van der Waals surface area contributed by atoms with Crippen molar-refractivity contribution in [3.8, 4) is 0 Å². The van der Waals surface area contributed by atoms with Crippen LogP contribution in [0.1, 0.15) is 37.7 Å². The monoisotopic (exact) mass is 332 g/mol. The average molecular weight is 332 g/mol. The summed E-state index contributed by atoms with van der Waals surface area (Å²) in [5.74, 6) is -1.31. The van der Waals surface area contributed by atoms with Gasteiger partial charge in [-0.3, -0.25) is 19.3 Å². The predicted octanol–water partition coefficient (Wildman–Crippen LogP) is 2.01. The van der Waals surface area contributed by atoms with Crippen molar-refractivity contribution in [2.45, 2.75) is 38.6 Å². The van der Waals surface area contributed by atoms with Gasteiger partial charge in [-0.25, -0.2) is 4.39 Å². The number of halogens is 1. The van der Waals surface area contributed by atoms with Crippen LogP contribution in [-0.2, 0) is 20.9 Å². The van der Waals surface area contributed by atoms with Crippen molar-refractivity contribution in [3.63, 3.8) is 0 Å². The Morgan fingerprint density at radius 3 is 2.38 bits per heavy atom. The maximum atomic E-state index is 13.5. The minimum atomic E-state index is -0.369. The summed E-state index contributed by atoms with van der Waals surface area (Å²) in [6.45, 7) is 0.201. The maximum Gasteiger partial charge on any atom is 0.233 e. The molecule has 128 valence electrons. The lowest BCUT2D eigenvalue weighted by atomic mass is 9.81. The van der Waals surface area contributed by atoms with Crippen LogP contribution in [0.15, 0.2) is 24.3 Å². The highest BCUT2D eigenvalue weighted by Crippen LogP contribution is 2.37. The number of amides is 3. The summed E-state index contributed by atoms with van der Waals surface area (Å²) in [5.41, 5.74) is 0.408. The predicted molar refractivity (Wildman–Crippen MR) is 85.0 cm³/mol. The molecule has 1 heterocycles. The van der Waals surface area contributed by atoms with E-state index in [2.05, 4.69) is 5.32 Å². The van der Waals surface area contributed by atoms with E-state index in [-0.39, 0.29) is 54.9 Å². The number of hydrogen-bond acceptors (Lipinski definition) is 3. The Balaban J connectivity index is 1.50. The van der Waals surface area contributed by atoms with Crippen molar-refractivity contribution >= 4 is 17.7 Å². The molecule has 1 aromatic rings. The first-order chi connectivity index (χ1) is 11.6. The second-order valence-corrected chi connectivity index (χ2v) is 6.44. The quantitative estimate of drug-likeness (QED) is 0.839. The fourth-order valence-corrected chi connectivity index (χ4v) is 3.59. The van der Waals surface area contributed by atoms with Crippen molar-refractivity contribution < 1.29 is 18.8 Å². The van der Waals surface area contributed by atoms with Crippen LogP contribution >= 0.6 is 0 Å². The van der Waals surface area contributed by atoms with Crippen molar-refractivity contribution in [1.29, 1.82) is 0 Å². The molecule has 0 radical (unpaired) electrons. The normalized spacial score (nSPS) is 23.3. The van der Waals surface area contributed by atoms with Gasteiger partial charge in [-0.1, -0.05) is 31.0 Å². The van der Waals surface area contributed by atoms with Gasteiger partial charge in [0.2, 0.25) is 17.7 Å². The van der Waals surface area contributed by atoms with Crippen molar-refractivity contribution in [3.05, 3.63) is 35.6 Å². The molecule has 1 N–H and O–H groups in total. The highest BCUT2D eigenvalue weighted by Gasteiger charge is 2.47. The summed E-state index contributed by atoms with van der Waals surface area (Å²) in [7, 11) is 0. The molecule has 5 nitrogen and oxygen atoms in total. The van der Waals surface area contributed by atoms with Crippen molar-refractivity contribution in [2.75, 3.05) is 6.54 Å². The summed E-state index contributed by atoms with van der Waals surface area (Å²) in [4.78, 5) is 37.8. The first-order valence-corrected chi connectivity index (χ1v) is 8.43. The van der Waals surface area contributed by atoms with Crippen LogP contribution in [0.25, 0.3) is 0 Å². The largest absolute Gasteiger partial charge is 0.352 e. The average Bonchev–Trinajstić information content (AvgIpc) is 2.84. The number of carbonyl (C=O) groups excluding carboxylic acids is 3. The van der Waals surface area contributed by atoms with Gasteiger partial charge in [0.1, 0.15) is 5.82 Å². The summed E-state index contributed by atoms with van der Waals surface area (Å²) < 4.78 is 13.5. The molecular formula is C18H21FN2O3. The van der Waals surface area contributed by atoms with Crippen molar-refractivity contribution in [2.24, 2.45) is 11.8 Å². The number of hydrogen-bond donors (Lipinski definition) is 1. The molecule has 1 aliphatic heterocycles. The molecule has 1 aliphatic carbocycles. The van der Waals surface area contributed by atoms with Crippen LogP contribution in [0.5, 0.6) is 0 Å². The van der Waals surface area contributed by atoms with E-state index in [1.54, 1.807) is 18.2 Å². The zero-order valence-electron chi connectivity index (χ0n) is 13.5. The van der Waals surface area contributed by atoms with Gasteiger partial charge < -0.3 is 5.32 Å². The first kappa shape index (κ1) is 16.6. The molecule has 6 heteroatoms. The highest BCUT2D eigenvalue weighted by atomic mass is 19.1. The fraction of sp³-hybridized carbons (Fsp3) is 0.500. The van der Waals surface area contributed by atoms with Gasteiger partial charge in [-0.15, -0.1) is 0 Å². The van der Waals surface area contributed by atoms with Crippen LogP contribution in [0.2, 0.25) is 0 Å². The number of nitrogens with zero attached hydrogens (tertiary/aromatic N) is 1. The molecule has 1 saturated carbocycles. The number of rotatable bonds is 5. The topological polar surface area (TPSA) is 66.5 Å². The molecule has 1 saturated heterocycles. The SMILES string of the molecule is O=C(CCN1C(=O)[C@@H]2CCCC[C@H]2C1=O)NCc1ccccc1F. The minimum absolute atomic E-state index is 0.0470. The van der Waals surface area contributed by atoms with E-state index in [9.17, 15) is 18.8 Å². The highest BCUT2D eigenvalue weighted by molar-refractivity contribution is 6.05. The summed E-state index contributed by atoms with van der Waals surface area (Å²) in [6.07, 6.45) is 3.55. The molecule has 0 bridgehead atoms. The van der Waals surface area contributed by atoms with E-state index in [1.165, 1.54) is 11.0 Å². The molecule has 24 heavy (non-hydrogen) atoms. The summed E-state index contributed by atoms with van der Waals surface area (Å²) in [6, 6.07) is 6.23. The number of benzene rings is 1. The molecule has 2 aliphatic rings. The first-order valence-electron chi connectivity index (χ1n) is 8.43. The lowest BCUT2D eigenvalue weighted by Gasteiger charge is -2.19. The number of fused-ring (bicyclic) bond motifs is 1. The Kier molecular flexibility index (Phi) is 4.92. The zero-order chi connectivity index (χ0) is 17.1. The van der Waals surface area contributed by atoms with Crippen molar-refractivity contribution in [1.82, 2.24) is 10.2 Å². The van der Waals surface area contributed by atoms with Gasteiger partial charge in [0.05, 0.1) is 11.8 Å². The third-order valence-electron chi connectivity index (χ3n) is 4.93. The Morgan fingerprint density at radius 1 is 1.12 bits per heavy atom. The summed E-state index contributed by atoms with van der Waals surface area (Å²) in [5, 5.41) is 2.63. The van der Waals surface area contributed by atoms with E-state index in [4.69, 9.17) is 0 Å². The fourth-order valence-electron chi connectivity index (χ4n) is 3.59. The van der Waals surface area contributed by atoms with E-state index < -0.39 is 0 Å². The molecule has 1 aromatic carbocycles. The minimum Gasteiger partial charge on any atom is -0.352 e. The third kappa shape index (κ3) is 3.32. The van der Waals surface area contributed by atoms with Crippen LogP contribution in [-0.4, -0.2) is 29.2 Å². The number of likely N-dealkylation sites (tertiary alicyclic amines) is 1. The molecule has 0 unspecified atom stereocenters.